The number of aromatic nitrogens is 8. The number of nitrogens with one attached hydrogen (secondary N) is 1. The van der Waals surface area contributed by atoms with Crippen LogP contribution in [-0.4, -0.2) is 40.4 Å². The zero-order chi connectivity index (χ0) is 22.1. The van der Waals surface area contributed by atoms with Crippen LogP contribution in [0.25, 0.3) is 33.8 Å². The normalized spacial score (nSPS) is 11.4. The van der Waals surface area contributed by atoms with Gasteiger partial charge in [0.2, 0.25) is 5.89 Å². The fourth-order valence-corrected chi connectivity index (χ4v) is 3.08. The lowest BCUT2D eigenvalue weighted by Crippen LogP contribution is -2.03. The first kappa shape index (κ1) is 19.6. The molecule has 0 fully saturated rings. The summed E-state index contributed by atoms with van der Waals surface area (Å²) >= 11 is 0. The van der Waals surface area contributed by atoms with Gasteiger partial charge in [0.05, 0.1) is 18.9 Å². The summed E-state index contributed by atoms with van der Waals surface area (Å²) in [5.41, 5.74) is 3.60. The van der Waals surface area contributed by atoms with Gasteiger partial charge in [-0.05, 0) is 18.2 Å². The fourth-order valence-electron chi connectivity index (χ4n) is 3.08. The fraction of sp³-hybridized carbons (Fsp3) is 0.100. The van der Waals surface area contributed by atoms with E-state index in [-0.39, 0.29) is 18.0 Å². The molecule has 0 radical (unpaired) electrons. The van der Waals surface area contributed by atoms with Gasteiger partial charge in [0.25, 0.3) is 5.89 Å². The van der Waals surface area contributed by atoms with Gasteiger partial charge in [0.1, 0.15) is 11.5 Å². The van der Waals surface area contributed by atoms with E-state index in [2.05, 4.69) is 35.7 Å². The number of pyridine rings is 1. The highest BCUT2D eigenvalue weighted by Gasteiger charge is 2.18. The minimum absolute atomic E-state index is 0.111. The molecule has 1 N–H and O–H groups in total. The average Bonchev–Trinajstić information content (AvgIpc) is 3.57. The quantitative estimate of drug-likeness (QED) is 0.428. The molecule has 4 aromatic heterocycles. The number of benzene rings is 1. The maximum Gasteiger partial charge on any atom is 0.314 e. The van der Waals surface area contributed by atoms with Crippen LogP contribution in [0.5, 0.6) is 0 Å². The second-order valence-corrected chi connectivity index (χ2v) is 6.80. The van der Waals surface area contributed by atoms with Crippen molar-refractivity contribution in [3.8, 4) is 33.8 Å². The Bertz CT molecular complexity index is 1360. The molecule has 0 saturated carbocycles. The Morgan fingerprint density at radius 1 is 0.969 bits per heavy atom. The monoisotopic (exact) mass is 438 g/mol. The van der Waals surface area contributed by atoms with E-state index in [9.17, 15) is 13.2 Å². The zero-order valence-corrected chi connectivity index (χ0v) is 16.2. The minimum atomic E-state index is -2.89. The number of H-pyrrole nitrogens is 1. The molecule has 0 atom stereocenters. The lowest BCUT2D eigenvalue weighted by atomic mass is 10.1. The lowest BCUT2D eigenvalue weighted by molar-refractivity contribution is 0.116. The predicted octanol–water partition coefficient (Wildman–Crippen LogP) is 3.91. The number of aromatic amines is 1. The topological polar surface area (TPSA) is 111 Å². The molecule has 160 valence electrons. The summed E-state index contributed by atoms with van der Waals surface area (Å²) < 4.78 is 46.2. The van der Waals surface area contributed by atoms with E-state index in [4.69, 9.17) is 4.42 Å². The minimum Gasteiger partial charge on any atom is -0.415 e. The number of alkyl halides is 2. The first-order chi connectivity index (χ1) is 15.6. The van der Waals surface area contributed by atoms with Gasteiger partial charge in [-0.25, -0.2) is 9.07 Å². The summed E-state index contributed by atoms with van der Waals surface area (Å²) in [5, 5.41) is 21.6. The van der Waals surface area contributed by atoms with E-state index in [0.717, 1.165) is 22.8 Å². The van der Waals surface area contributed by atoms with Crippen molar-refractivity contribution in [3.63, 3.8) is 0 Å². The van der Waals surface area contributed by atoms with Gasteiger partial charge in [0, 0.05) is 46.4 Å². The number of rotatable bonds is 6. The maximum atomic E-state index is 14.6. The molecule has 0 saturated heterocycles. The summed E-state index contributed by atoms with van der Waals surface area (Å²) in [4.78, 5) is 4.23. The lowest BCUT2D eigenvalue weighted by Gasteiger charge is -2.04. The molecule has 0 unspecified atom stereocenters. The molecule has 0 aliphatic carbocycles. The Morgan fingerprint density at radius 2 is 1.84 bits per heavy atom. The van der Waals surface area contributed by atoms with Crippen molar-refractivity contribution in [3.05, 3.63) is 72.5 Å². The standard InChI is InChI=1S/C20H13F3N8O/c21-16-4-11(19-28-29-20(32-19)18(22)23)1-2-12(16)9-31-10-17(27-30-31)14-3-13(5-24-6-14)15-7-25-26-8-15/h1-8,10,18H,9H2,(H,25,26). The van der Waals surface area contributed by atoms with Gasteiger partial charge in [0.15, 0.2) is 0 Å². The summed E-state index contributed by atoms with van der Waals surface area (Å²) in [5.74, 6) is -1.57. The van der Waals surface area contributed by atoms with Crippen molar-refractivity contribution in [1.29, 1.82) is 0 Å². The molecule has 0 aliphatic rings. The van der Waals surface area contributed by atoms with Crippen molar-refractivity contribution < 1.29 is 17.6 Å². The molecule has 5 aromatic rings. The smallest absolute Gasteiger partial charge is 0.314 e. The van der Waals surface area contributed by atoms with Crippen LogP contribution < -0.4 is 0 Å². The number of nitrogens with zero attached hydrogens (tertiary/aromatic N) is 7. The van der Waals surface area contributed by atoms with Crippen LogP contribution in [0.4, 0.5) is 13.2 Å². The highest BCUT2D eigenvalue weighted by atomic mass is 19.3. The van der Waals surface area contributed by atoms with E-state index in [0.29, 0.717) is 11.3 Å². The van der Waals surface area contributed by atoms with Crippen molar-refractivity contribution >= 4 is 0 Å². The van der Waals surface area contributed by atoms with Crippen LogP contribution in [-0.2, 0) is 6.54 Å². The van der Waals surface area contributed by atoms with E-state index >= 15 is 0 Å². The Labute approximate surface area is 178 Å². The van der Waals surface area contributed by atoms with Crippen LogP contribution in [0.15, 0.2) is 59.7 Å². The maximum absolute atomic E-state index is 14.6. The van der Waals surface area contributed by atoms with Gasteiger partial charge < -0.3 is 4.42 Å². The summed E-state index contributed by atoms with van der Waals surface area (Å²) in [6, 6.07) is 6.06. The third-order valence-corrected chi connectivity index (χ3v) is 4.66. The predicted molar refractivity (Wildman–Crippen MR) is 105 cm³/mol. The van der Waals surface area contributed by atoms with E-state index in [1.54, 1.807) is 31.0 Å². The first-order valence-electron chi connectivity index (χ1n) is 9.32. The van der Waals surface area contributed by atoms with Crippen LogP contribution in [0, 0.1) is 5.82 Å². The van der Waals surface area contributed by atoms with Crippen molar-refractivity contribution in [2.45, 2.75) is 13.0 Å². The summed E-state index contributed by atoms with van der Waals surface area (Å²) in [6.07, 6.45) is 5.60. The molecule has 0 spiro atoms. The van der Waals surface area contributed by atoms with Gasteiger partial charge in [-0.15, -0.1) is 15.3 Å². The van der Waals surface area contributed by atoms with Crippen LogP contribution >= 0.6 is 0 Å². The highest BCUT2D eigenvalue weighted by Crippen LogP contribution is 2.26. The molecule has 0 bridgehead atoms. The molecule has 0 amide bonds. The molecule has 1 aromatic carbocycles. The molecule has 4 heterocycles. The molecule has 32 heavy (non-hydrogen) atoms. The van der Waals surface area contributed by atoms with Crippen molar-refractivity contribution in [1.82, 2.24) is 40.4 Å². The third kappa shape index (κ3) is 3.85. The molecule has 12 heteroatoms. The molecular formula is C20H13F3N8O. The second kappa shape index (κ2) is 8.06. The van der Waals surface area contributed by atoms with E-state index < -0.39 is 18.1 Å². The Balaban J connectivity index is 1.35. The Morgan fingerprint density at radius 3 is 2.59 bits per heavy atom. The number of halogens is 3. The van der Waals surface area contributed by atoms with Gasteiger partial charge >= 0.3 is 6.43 Å². The first-order valence-corrected chi connectivity index (χ1v) is 9.32. The SMILES string of the molecule is Fc1cc(-c2nnc(C(F)F)o2)ccc1Cn1cc(-c2cncc(-c3cn[nH]c3)c2)nn1. The van der Waals surface area contributed by atoms with Gasteiger partial charge in [-0.3, -0.25) is 10.1 Å². The molecule has 9 nitrogen and oxygen atoms in total. The second-order valence-electron chi connectivity index (χ2n) is 6.80. The van der Waals surface area contributed by atoms with Crippen LogP contribution in [0.2, 0.25) is 0 Å². The molecule has 0 aliphatic heterocycles. The Hall–Kier alpha value is -4.35. The van der Waals surface area contributed by atoms with Gasteiger partial charge in [-0.1, -0.05) is 11.3 Å². The van der Waals surface area contributed by atoms with Crippen LogP contribution in [0.1, 0.15) is 17.9 Å². The van der Waals surface area contributed by atoms with Crippen LogP contribution in [0.3, 0.4) is 0 Å². The third-order valence-electron chi connectivity index (χ3n) is 4.66. The molecule has 5 rings (SSSR count). The average molecular weight is 438 g/mol. The zero-order valence-electron chi connectivity index (χ0n) is 16.2. The largest absolute Gasteiger partial charge is 0.415 e. The van der Waals surface area contributed by atoms with Crippen molar-refractivity contribution in [2.24, 2.45) is 0 Å². The van der Waals surface area contributed by atoms with E-state index in [1.807, 2.05) is 6.07 Å². The van der Waals surface area contributed by atoms with Gasteiger partial charge in [-0.2, -0.15) is 13.9 Å². The van der Waals surface area contributed by atoms with Crippen molar-refractivity contribution in [2.75, 3.05) is 0 Å². The Kier molecular flexibility index (Phi) is 4.94. The number of hydrogen-bond acceptors (Lipinski definition) is 7. The highest BCUT2D eigenvalue weighted by molar-refractivity contribution is 5.68. The molecular weight excluding hydrogens is 425 g/mol. The summed E-state index contributed by atoms with van der Waals surface area (Å²) in [7, 11) is 0. The number of hydrogen-bond donors (Lipinski definition) is 1. The summed E-state index contributed by atoms with van der Waals surface area (Å²) in [6.45, 7) is 0.111. The van der Waals surface area contributed by atoms with E-state index in [1.165, 1.54) is 16.8 Å².